The van der Waals surface area contributed by atoms with Crippen LogP contribution in [0.4, 0.5) is 5.82 Å². The van der Waals surface area contributed by atoms with Gasteiger partial charge in [-0.25, -0.2) is 4.98 Å². The van der Waals surface area contributed by atoms with Crippen LogP contribution in [0.2, 0.25) is 0 Å². The molecule has 138 valence electrons. The first-order valence-corrected chi connectivity index (χ1v) is 9.64. The summed E-state index contributed by atoms with van der Waals surface area (Å²) in [6.07, 6.45) is 2.72. The van der Waals surface area contributed by atoms with Gasteiger partial charge in [0.1, 0.15) is 11.9 Å². The Labute approximate surface area is 156 Å². The number of primary amides is 1. The van der Waals surface area contributed by atoms with Crippen LogP contribution in [-0.2, 0) is 9.59 Å². The molecule has 1 atom stereocenters. The highest BCUT2D eigenvalue weighted by molar-refractivity contribution is 7.98. The van der Waals surface area contributed by atoms with Crippen LogP contribution in [-0.4, -0.2) is 40.8 Å². The molecule has 1 aromatic heterocycles. The Kier molecular flexibility index (Phi) is 6.97. The fraction of sp³-hybridized carbons (Fsp3) is 0.333. The predicted octanol–water partition coefficient (Wildman–Crippen LogP) is 1.92. The van der Waals surface area contributed by atoms with E-state index in [1.54, 1.807) is 43.0 Å². The second-order valence-corrected chi connectivity index (χ2v) is 6.67. The Bertz CT molecular complexity index is 825. The van der Waals surface area contributed by atoms with Crippen LogP contribution >= 0.6 is 11.8 Å². The maximum absolute atomic E-state index is 12.6. The number of para-hydroxylation sites is 1. The van der Waals surface area contributed by atoms with Gasteiger partial charge in [-0.15, -0.1) is 0 Å². The van der Waals surface area contributed by atoms with E-state index >= 15 is 0 Å². The van der Waals surface area contributed by atoms with Crippen LogP contribution in [0.15, 0.2) is 30.3 Å². The summed E-state index contributed by atoms with van der Waals surface area (Å²) < 4.78 is 0. The number of thioether (sulfide) groups is 1. The van der Waals surface area contributed by atoms with E-state index in [-0.39, 0.29) is 23.2 Å². The normalized spacial score (nSPS) is 11.8. The van der Waals surface area contributed by atoms with Gasteiger partial charge in [-0.05, 0) is 30.6 Å². The third-order valence-corrected chi connectivity index (χ3v) is 4.46. The highest BCUT2D eigenvalue weighted by atomic mass is 32.2. The Balaban J connectivity index is 2.28. The number of carbonyl (C=O) groups excluding carboxylic acids is 3. The van der Waals surface area contributed by atoms with Crippen LogP contribution in [0.25, 0.3) is 10.9 Å². The van der Waals surface area contributed by atoms with Crippen molar-refractivity contribution >= 4 is 46.2 Å². The largest absolute Gasteiger partial charge is 0.366 e. The lowest BCUT2D eigenvalue weighted by Gasteiger charge is -2.18. The number of rotatable bonds is 8. The smallest absolute Gasteiger partial charge is 0.249 e. The summed E-state index contributed by atoms with van der Waals surface area (Å²) in [7, 11) is 0. The molecule has 3 amide bonds. The van der Waals surface area contributed by atoms with Crippen molar-refractivity contribution in [3.63, 3.8) is 0 Å². The molecule has 0 aliphatic heterocycles. The van der Waals surface area contributed by atoms with E-state index in [0.29, 0.717) is 23.7 Å². The minimum absolute atomic E-state index is 0.199. The second-order valence-electron chi connectivity index (χ2n) is 5.68. The number of nitrogens with two attached hydrogens (primary N) is 1. The summed E-state index contributed by atoms with van der Waals surface area (Å²) in [5.41, 5.74) is 6.28. The highest BCUT2D eigenvalue weighted by Crippen LogP contribution is 2.20. The van der Waals surface area contributed by atoms with Gasteiger partial charge in [0.05, 0.1) is 11.1 Å². The molecule has 1 heterocycles. The van der Waals surface area contributed by atoms with Crippen molar-refractivity contribution < 1.29 is 14.4 Å². The monoisotopic (exact) mass is 374 g/mol. The predicted molar refractivity (Wildman–Crippen MR) is 104 cm³/mol. The van der Waals surface area contributed by atoms with Gasteiger partial charge in [-0.2, -0.15) is 11.8 Å². The summed E-state index contributed by atoms with van der Waals surface area (Å²) in [4.78, 5) is 40.4. The Hall–Kier alpha value is -2.61. The SMILES string of the molecule is CCC(=O)NC(CCSC)C(=O)Nc1cc(C(N)=O)c2ccccc2n1. The average Bonchev–Trinajstić information content (AvgIpc) is 2.63. The number of nitrogens with one attached hydrogen (secondary N) is 2. The van der Waals surface area contributed by atoms with Crippen LogP contribution in [0.5, 0.6) is 0 Å². The lowest BCUT2D eigenvalue weighted by molar-refractivity contribution is -0.126. The van der Waals surface area contributed by atoms with E-state index in [0.717, 1.165) is 5.75 Å². The van der Waals surface area contributed by atoms with Crippen molar-refractivity contribution in [1.82, 2.24) is 10.3 Å². The van der Waals surface area contributed by atoms with Crippen LogP contribution in [0.3, 0.4) is 0 Å². The van der Waals surface area contributed by atoms with E-state index in [1.165, 1.54) is 6.07 Å². The molecule has 2 rings (SSSR count). The number of carbonyl (C=O) groups is 3. The van der Waals surface area contributed by atoms with Crippen molar-refractivity contribution in [3.8, 4) is 0 Å². The zero-order valence-corrected chi connectivity index (χ0v) is 15.6. The van der Waals surface area contributed by atoms with Crippen molar-refractivity contribution in [2.45, 2.75) is 25.8 Å². The van der Waals surface area contributed by atoms with Gasteiger partial charge < -0.3 is 16.4 Å². The van der Waals surface area contributed by atoms with Crippen LogP contribution < -0.4 is 16.4 Å². The first-order chi connectivity index (χ1) is 12.5. The van der Waals surface area contributed by atoms with Gasteiger partial charge in [0, 0.05) is 11.8 Å². The highest BCUT2D eigenvalue weighted by Gasteiger charge is 2.21. The van der Waals surface area contributed by atoms with Gasteiger partial charge in [0.15, 0.2) is 0 Å². The number of benzene rings is 1. The molecule has 0 fully saturated rings. The van der Waals surface area contributed by atoms with Crippen molar-refractivity contribution in [2.24, 2.45) is 5.73 Å². The Morgan fingerprint density at radius 1 is 1.27 bits per heavy atom. The lowest BCUT2D eigenvalue weighted by atomic mass is 10.1. The number of anilines is 1. The maximum Gasteiger partial charge on any atom is 0.249 e. The molecule has 26 heavy (non-hydrogen) atoms. The van der Waals surface area contributed by atoms with Crippen molar-refractivity contribution in [1.29, 1.82) is 0 Å². The maximum atomic E-state index is 12.6. The number of aromatic nitrogens is 1. The summed E-state index contributed by atoms with van der Waals surface area (Å²) in [5.74, 6) is -0.228. The minimum atomic E-state index is -0.666. The number of pyridine rings is 1. The van der Waals surface area contributed by atoms with Gasteiger partial charge in [-0.3, -0.25) is 14.4 Å². The van der Waals surface area contributed by atoms with E-state index < -0.39 is 11.9 Å². The van der Waals surface area contributed by atoms with E-state index in [2.05, 4.69) is 15.6 Å². The molecule has 1 aromatic carbocycles. The standard InChI is InChI=1S/C18H22N4O3S/c1-3-16(23)21-14(8-9-26-2)18(25)22-15-10-12(17(19)24)11-6-4-5-7-13(11)20-15/h4-7,10,14H,3,8-9H2,1-2H3,(H2,19,24)(H,21,23)(H,20,22,25). The molecule has 2 aromatic rings. The third kappa shape index (κ3) is 4.95. The first kappa shape index (κ1) is 19.7. The third-order valence-electron chi connectivity index (χ3n) is 3.82. The average molecular weight is 374 g/mol. The van der Waals surface area contributed by atoms with E-state index in [4.69, 9.17) is 5.73 Å². The molecular weight excluding hydrogens is 352 g/mol. The second kappa shape index (κ2) is 9.19. The molecule has 0 bridgehead atoms. The first-order valence-electron chi connectivity index (χ1n) is 8.25. The molecule has 0 radical (unpaired) electrons. The molecule has 8 heteroatoms. The zero-order valence-electron chi connectivity index (χ0n) is 14.7. The molecule has 0 saturated carbocycles. The van der Waals surface area contributed by atoms with Gasteiger partial charge in [0.2, 0.25) is 17.7 Å². The molecule has 0 spiro atoms. The molecule has 0 aliphatic rings. The fourth-order valence-electron chi connectivity index (χ4n) is 2.46. The minimum Gasteiger partial charge on any atom is -0.366 e. The van der Waals surface area contributed by atoms with Gasteiger partial charge in [-0.1, -0.05) is 25.1 Å². The van der Waals surface area contributed by atoms with Crippen molar-refractivity contribution in [2.75, 3.05) is 17.3 Å². The molecule has 4 N–H and O–H groups in total. The fourth-order valence-corrected chi connectivity index (χ4v) is 2.93. The van der Waals surface area contributed by atoms with Crippen LogP contribution in [0, 0.1) is 0 Å². The summed E-state index contributed by atoms with van der Waals surface area (Å²) in [6, 6.07) is 7.84. The zero-order chi connectivity index (χ0) is 19.1. The van der Waals surface area contributed by atoms with E-state index in [1.807, 2.05) is 6.26 Å². The van der Waals surface area contributed by atoms with Crippen molar-refractivity contribution in [3.05, 3.63) is 35.9 Å². The Morgan fingerprint density at radius 3 is 2.65 bits per heavy atom. The number of hydrogen-bond donors (Lipinski definition) is 3. The molecule has 7 nitrogen and oxygen atoms in total. The number of nitrogens with zero attached hydrogens (tertiary/aromatic N) is 1. The van der Waals surface area contributed by atoms with Gasteiger partial charge in [0.25, 0.3) is 0 Å². The Morgan fingerprint density at radius 2 is 2.00 bits per heavy atom. The number of hydrogen-bond acceptors (Lipinski definition) is 5. The molecule has 1 unspecified atom stereocenters. The van der Waals surface area contributed by atoms with Crippen LogP contribution in [0.1, 0.15) is 30.1 Å². The summed E-state index contributed by atoms with van der Waals surface area (Å²) >= 11 is 1.59. The van der Waals surface area contributed by atoms with E-state index in [9.17, 15) is 14.4 Å². The number of fused-ring (bicyclic) bond motifs is 1. The molecule has 0 saturated heterocycles. The topological polar surface area (TPSA) is 114 Å². The summed E-state index contributed by atoms with van der Waals surface area (Å²) in [5, 5.41) is 6.02. The molecular formula is C18H22N4O3S. The quantitative estimate of drug-likeness (QED) is 0.653. The van der Waals surface area contributed by atoms with Gasteiger partial charge >= 0.3 is 0 Å². The summed E-state index contributed by atoms with van der Waals surface area (Å²) in [6.45, 7) is 1.73. The molecule has 0 aliphatic carbocycles. The number of amides is 3. The lowest BCUT2D eigenvalue weighted by Crippen LogP contribution is -2.44.